The molecule has 1 amide bonds. The summed E-state index contributed by atoms with van der Waals surface area (Å²) in [7, 11) is -3.81. The monoisotopic (exact) mass is 563 g/mol. The zero-order chi connectivity index (χ0) is 26.0. The third-order valence-electron chi connectivity index (χ3n) is 6.08. The third-order valence-corrected chi connectivity index (χ3v) is 9.76. The molecule has 1 saturated heterocycles. The minimum absolute atomic E-state index is 0.0577. The van der Waals surface area contributed by atoms with E-state index in [1.807, 2.05) is 24.3 Å². The molecule has 2 unspecified atom stereocenters. The number of halogens is 1. The van der Waals surface area contributed by atoms with Crippen LogP contribution >= 0.6 is 23.4 Å². The molecule has 37 heavy (non-hydrogen) atoms. The predicted molar refractivity (Wildman–Crippen MR) is 144 cm³/mol. The largest absolute Gasteiger partial charge is 0.507 e. The summed E-state index contributed by atoms with van der Waals surface area (Å²) in [5, 5.41) is 21.4. The highest BCUT2D eigenvalue weighted by Gasteiger charge is 2.32. The lowest BCUT2D eigenvalue weighted by Gasteiger charge is -2.22. The number of benzene rings is 2. The Morgan fingerprint density at radius 2 is 2.08 bits per heavy atom. The van der Waals surface area contributed by atoms with E-state index in [9.17, 15) is 18.3 Å². The highest BCUT2D eigenvalue weighted by atomic mass is 35.5. The van der Waals surface area contributed by atoms with E-state index in [1.54, 1.807) is 22.9 Å². The van der Waals surface area contributed by atoms with Crippen LogP contribution in [0.15, 0.2) is 52.9 Å². The number of hydrogen-bond acceptors (Lipinski definition) is 8. The number of sulfonamides is 1. The number of aromatic nitrogens is 2. The topological polar surface area (TPSA) is 135 Å². The SMILES string of the molecule is O=C(NCc1cccc(Cn2nc(NS(=O)(=O)C3CC=C(Cl)S3)c3c(O)cccc32)c1)C1COCCN1. The van der Waals surface area contributed by atoms with Crippen molar-refractivity contribution in [3.63, 3.8) is 0 Å². The van der Waals surface area contributed by atoms with Crippen molar-refractivity contribution in [2.24, 2.45) is 0 Å². The molecule has 2 aromatic carbocycles. The van der Waals surface area contributed by atoms with Crippen molar-refractivity contribution in [3.05, 3.63) is 64.0 Å². The van der Waals surface area contributed by atoms with Crippen molar-refractivity contribution in [3.8, 4) is 5.75 Å². The molecule has 0 spiro atoms. The Hall–Kier alpha value is -2.77. The first-order valence-electron chi connectivity index (χ1n) is 11.7. The van der Waals surface area contributed by atoms with Crippen LogP contribution in [0.25, 0.3) is 10.9 Å². The van der Waals surface area contributed by atoms with Crippen LogP contribution in [0.3, 0.4) is 0 Å². The normalized spacial score (nSPS) is 20.1. The summed E-state index contributed by atoms with van der Waals surface area (Å²) in [6.07, 6.45) is 1.95. The fourth-order valence-corrected chi connectivity index (χ4v) is 7.32. The highest BCUT2D eigenvalue weighted by Crippen LogP contribution is 2.39. The first kappa shape index (κ1) is 25.9. The Bertz CT molecular complexity index is 1450. The Morgan fingerprint density at radius 1 is 1.27 bits per heavy atom. The van der Waals surface area contributed by atoms with E-state index in [-0.39, 0.29) is 29.9 Å². The smallest absolute Gasteiger partial charge is 0.246 e. The van der Waals surface area contributed by atoms with Gasteiger partial charge in [-0.3, -0.25) is 14.2 Å². The number of phenolic OH excluding ortho intramolecular Hbond substituents is 1. The Kier molecular flexibility index (Phi) is 7.63. The van der Waals surface area contributed by atoms with E-state index in [0.717, 1.165) is 22.9 Å². The number of phenols is 1. The Morgan fingerprint density at radius 3 is 2.84 bits per heavy atom. The quantitative estimate of drug-likeness (QED) is 0.329. The maximum atomic E-state index is 13.0. The molecule has 1 aromatic heterocycles. The molecular formula is C24H26ClN5O5S2. The number of nitrogens with zero attached hydrogens (tertiary/aromatic N) is 2. The average Bonchev–Trinajstić information content (AvgIpc) is 3.48. The van der Waals surface area contributed by atoms with Gasteiger partial charge in [0.2, 0.25) is 15.9 Å². The number of nitrogens with one attached hydrogen (secondary N) is 3. The van der Waals surface area contributed by atoms with Crippen LogP contribution in [-0.4, -0.2) is 59.6 Å². The summed E-state index contributed by atoms with van der Waals surface area (Å²) < 4.78 is 35.1. The van der Waals surface area contributed by atoms with Crippen molar-refractivity contribution >= 4 is 56.0 Å². The van der Waals surface area contributed by atoms with Gasteiger partial charge in [0.05, 0.1) is 35.0 Å². The molecule has 2 atom stereocenters. The predicted octanol–water partition coefficient (Wildman–Crippen LogP) is 2.68. The van der Waals surface area contributed by atoms with Crippen molar-refractivity contribution in [1.82, 2.24) is 20.4 Å². The number of ether oxygens (including phenoxy) is 1. The average molecular weight is 564 g/mol. The molecule has 196 valence electrons. The van der Waals surface area contributed by atoms with E-state index in [1.165, 1.54) is 6.07 Å². The van der Waals surface area contributed by atoms with Crippen molar-refractivity contribution in [2.75, 3.05) is 24.5 Å². The number of carbonyl (C=O) groups excluding carboxylic acids is 1. The number of thioether (sulfide) groups is 1. The van der Waals surface area contributed by atoms with Gasteiger partial charge in [-0.1, -0.05) is 59.8 Å². The minimum Gasteiger partial charge on any atom is -0.507 e. The third kappa shape index (κ3) is 5.88. The second kappa shape index (κ2) is 10.9. The molecule has 2 aliphatic heterocycles. The van der Waals surface area contributed by atoms with E-state index >= 15 is 0 Å². The van der Waals surface area contributed by atoms with E-state index < -0.39 is 14.6 Å². The summed E-state index contributed by atoms with van der Waals surface area (Å²) in [5.41, 5.74) is 2.39. The van der Waals surface area contributed by atoms with Crippen LogP contribution < -0.4 is 15.4 Å². The van der Waals surface area contributed by atoms with E-state index in [2.05, 4.69) is 20.5 Å². The lowest BCUT2D eigenvalue weighted by atomic mass is 10.1. The lowest BCUT2D eigenvalue weighted by Crippen LogP contribution is -2.51. The van der Waals surface area contributed by atoms with Crippen LogP contribution in [0.1, 0.15) is 17.5 Å². The lowest BCUT2D eigenvalue weighted by molar-refractivity contribution is -0.126. The van der Waals surface area contributed by atoms with Gasteiger partial charge in [0, 0.05) is 13.1 Å². The van der Waals surface area contributed by atoms with Gasteiger partial charge in [-0.15, -0.1) is 0 Å². The van der Waals surface area contributed by atoms with Crippen LogP contribution in [0.2, 0.25) is 0 Å². The zero-order valence-corrected chi connectivity index (χ0v) is 22.1. The number of amides is 1. The molecule has 3 aromatic rings. The fraction of sp³-hybridized carbons (Fsp3) is 0.333. The summed E-state index contributed by atoms with van der Waals surface area (Å²) in [6, 6.07) is 12.3. The van der Waals surface area contributed by atoms with Crippen molar-refractivity contribution in [2.45, 2.75) is 30.1 Å². The summed E-state index contributed by atoms with van der Waals surface area (Å²) in [5.74, 6) is -0.136. The first-order valence-corrected chi connectivity index (χ1v) is 14.5. The maximum Gasteiger partial charge on any atom is 0.246 e. The van der Waals surface area contributed by atoms with Gasteiger partial charge in [-0.25, -0.2) is 8.42 Å². The molecule has 0 bridgehead atoms. The van der Waals surface area contributed by atoms with Crippen LogP contribution in [0.5, 0.6) is 5.75 Å². The molecule has 0 saturated carbocycles. The summed E-state index contributed by atoms with van der Waals surface area (Å²) in [4.78, 5) is 12.4. The van der Waals surface area contributed by atoms with Gasteiger partial charge in [-0.2, -0.15) is 5.10 Å². The van der Waals surface area contributed by atoms with E-state index in [0.29, 0.717) is 48.1 Å². The van der Waals surface area contributed by atoms with Gasteiger partial charge in [0.1, 0.15) is 16.4 Å². The standard InChI is InChI=1S/C24H26ClN5O5S2/c25-20-7-8-21(36-20)37(33,34)29-23-22-18(5-2-6-19(22)31)30(28-23)13-16-4-1-3-15(11-16)12-27-24(32)17-14-35-10-9-26-17/h1-7,11,17,21,26,31H,8-10,12-14H2,(H,27,32)(H,28,29). The first-order chi connectivity index (χ1) is 17.8. The minimum atomic E-state index is -3.81. The highest BCUT2D eigenvalue weighted by molar-refractivity contribution is 8.17. The number of morpholine rings is 1. The molecule has 13 heteroatoms. The van der Waals surface area contributed by atoms with Crippen LogP contribution in [0, 0.1) is 0 Å². The molecule has 1 fully saturated rings. The number of allylic oxidation sites excluding steroid dienone is 1. The second-order valence-electron chi connectivity index (χ2n) is 8.74. The molecule has 4 N–H and O–H groups in total. The van der Waals surface area contributed by atoms with Crippen molar-refractivity contribution in [1.29, 1.82) is 0 Å². The summed E-state index contributed by atoms with van der Waals surface area (Å²) >= 11 is 7.03. The number of aromatic hydroxyl groups is 1. The molecule has 3 heterocycles. The van der Waals surface area contributed by atoms with E-state index in [4.69, 9.17) is 16.3 Å². The van der Waals surface area contributed by atoms with Gasteiger partial charge < -0.3 is 20.5 Å². The number of anilines is 1. The van der Waals surface area contributed by atoms with Gasteiger partial charge in [0.25, 0.3) is 0 Å². The second-order valence-corrected chi connectivity index (χ2v) is 12.8. The number of carbonyl (C=O) groups is 1. The van der Waals surface area contributed by atoms with Crippen LogP contribution in [0.4, 0.5) is 5.82 Å². The fourth-order valence-electron chi connectivity index (χ4n) is 4.26. The van der Waals surface area contributed by atoms with Crippen molar-refractivity contribution < 1.29 is 23.1 Å². The molecule has 2 aliphatic rings. The zero-order valence-electron chi connectivity index (χ0n) is 19.7. The van der Waals surface area contributed by atoms with Gasteiger partial charge >= 0.3 is 0 Å². The van der Waals surface area contributed by atoms with Gasteiger partial charge in [-0.05, 0) is 29.7 Å². The number of fused-ring (bicyclic) bond motifs is 1. The van der Waals surface area contributed by atoms with Crippen LogP contribution in [-0.2, 0) is 32.6 Å². The molecule has 5 rings (SSSR count). The molecule has 0 aliphatic carbocycles. The number of rotatable bonds is 8. The Balaban J connectivity index is 1.34. The molecular weight excluding hydrogens is 538 g/mol. The van der Waals surface area contributed by atoms with Gasteiger partial charge in [0.15, 0.2) is 5.82 Å². The molecule has 10 nitrogen and oxygen atoms in total. The maximum absolute atomic E-state index is 13.0. The summed E-state index contributed by atoms with van der Waals surface area (Å²) in [6.45, 7) is 2.27. The Labute approximate surface area is 223 Å². The molecule has 0 radical (unpaired) electrons. The number of hydrogen-bond donors (Lipinski definition) is 4.